The van der Waals surface area contributed by atoms with Crippen molar-refractivity contribution in [1.82, 2.24) is 16.0 Å². The summed E-state index contributed by atoms with van der Waals surface area (Å²) in [5, 5.41) is 9.01. The molecule has 1 fully saturated rings. The minimum absolute atomic E-state index is 0. The van der Waals surface area contributed by atoms with Crippen LogP contribution in [0, 0.1) is 5.92 Å². The summed E-state index contributed by atoms with van der Waals surface area (Å²) in [6.07, 6.45) is 2.68. The average molecular weight is 340 g/mol. The highest BCUT2D eigenvalue weighted by Crippen LogP contribution is 2.14. The van der Waals surface area contributed by atoms with Gasteiger partial charge in [0.05, 0.1) is 0 Å². The van der Waals surface area contributed by atoms with Gasteiger partial charge in [0.2, 0.25) is 5.91 Å². The molecule has 0 aromatic heterocycles. The molecular weight excluding hydrogens is 314 g/mol. The predicted octanol–water partition coefficient (Wildman–Crippen LogP) is 1.86. The van der Waals surface area contributed by atoms with Crippen molar-refractivity contribution in [3.63, 3.8) is 0 Å². The molecule has 1 aliphatic heterocycles. The number of hydrogen-bond acceptors (Lipinski definition) is 3. The van der Waals surface area contributed by atoms with Crippen LogP contribution in [0.4, 0.5) is 0 Å². The summed E-state index contributed by atoms with van der Waals surface area (Å²) in [5.41, 5.74) is 1.57. The number of nitrogens with one attached hydrogen (secondary N) is 3. The van der Waals surface area contributed by atoms with E-state index in [1.807, 2.05) is 25.1 Å². The fraction of sp³-hybridized carbons (Fsp3) is 0.529. The van der Waals surface area contributed by atoms with Crippen molar-refractivity contribution in [2.45, 2.75) is 32.7 Å². The van der Waals surface area contributed by atoms with Crippen molar-refractivity contribution in [3.8, 4) is 0 Å². The van der Waals surface area contributed by atoms with Gasteiger partial charge in [-0.15, -0.1) is 12.4 Å². The number of carbonyl (C=O) groups is 2. The zero-order valence-electron chi connectivity index (χ0n) is 13.6. The standard InChI is InChI=1S/C17H25N3O2.ClH/c1-2-19-17(22)15-5-3-4-14(10-15)12-20-16(21)7-6-13-8-9-18-11-13;/h3-5,10,13,18H,2,6-9,11-12H2,1H3,(H,19,22)(H,20,21);1H. The van der Waals surface area contributed by atoms with Crippen LogP contribution in [-0.4, -0.2) is 31.4 Å². The molecule has 1 heterocycles. The van der Waals surface area contributed by atoms with Crippen LogP contribution >= 0.6 is 12.4 Å². The van der Waals surface area contributed by atoms with Crippen LogP contribution in [-0.2, 0) is 11.3 Å². The first-order chi connectivity index (χ1) is 10.7. The largest absolute Gasteiger partial charge is 0.352 e. The van der Waals surface area contributed by atoms with Crippen molar-refractivity contribution in [2.24, 2.45) is 5.92 Å². The molecule has 1 aromatic rings. The highest BCUT2D eigenvalue weighted by molar-refractivity contribution is 5.94. The molecule has 2 rings (SSSR count). The first-order valence-electron chi connectivity index (χ1n) is 8.03. The maximum Gasteiger partial charge on any atom is 0.251 e. The van der Waals surface area contributed by atoms with Crippen molar-refractivity contribution in [1.29, 1.82) is 0 Å². The quantitative estimate of drug-likeness (QED) is 0.710. The topological polar surface area (TPSA) is 70.2 Å². The number of halogens is 1. The third-order valence-corrected chi connectivity index (χ3v) is 3.96. The molecule has 0 spiro atoms. The summed E-state index contributed by atoms with van der Waals surface area (Å²) in [7, 11) is 0. The molecule has 5 nitrogen and oxygen atoms in total. The Morgan fingerprint density at radius 2 is 2.13 bits per heavy atom. The van der Waals surface area contributed by atoms with Gasteiger partial charge >= 0.3 is 0 Å². The smallest absolute Gasteiger partial charge is 0.251 e. The van der Waals surface area contributed by atoms with Gasteiger partial charge in [0.15, 0.2) is 0 Å². The predicted molar refractivity (Wildman–Crippen MR) is 93.8 cm³/mol. The highest BCUT2D eigenvalue weighted by Gasteiger charge is 2.15. The Kier molecular flexibility index (Phi) is 8.66. The van der Waals surface area contributed by atoms with Crippen LogP contribution < -0.4 is 16.0 Å². The van der Waals surface area contributed by atoms with Crippen LogP contribution in [0.5, 0.6) is 0 Å². The van der Waals surface area contributed by atoms with Crippen molar-refractivity contribution in [3.05, 3.63) is 35.4 Å². The summed E-state index contributed by atoms with van der Waals surface area (Å²) in [4.78, 5) is 23.7. The van der Waals surface area contributed by atoms with E-state index in [-0.39, 0.29) is 24.2 Å². The molecule has 1 unspecified atom stereocenters. The Labute approximate surface area is 144 Å². The maximum absolute atomic E-state index is 11.9. The Hall–Kier alpha value is -1.59. The van der Waals surface area contributed by atoms with Crippen LogP contribution in [0.2, 0.25) is 0 Å². The van der Waals surface area contributed by atoms with Crippen LogP contribution in [0.25, 0.3) is 0 Å². The number of rotatable bonds is 7. The lowest BCUT2D eigenvalue weighted by atomic mass is 10.0. The number of hydrogen-bond donors (Lipinski definition) is 3. The number of carbonyl (C=O) groups excluding carboxylic acids is 2. The SMILES string of the molecule is CCNC(=O)c1cccc(CNC(=O)CCC2CCNC2)c1.Cl. The van der Waals surface area contributed by atoms with Gasteiger partial charge in [0.25, 0.3) is 5.91 Å². The van der Waals surface area contributed by atoms with Gasteiger partial charge < -0.3 is 16.0 Å². The Balaban J connectivity index is 0.00000264. The highest BCUT2D eigenvalue weighted by atomic mass is 35.5. The fourth-order valence-electron chi connectivity index (χ4n) is 2.67. The number of amides is 2. The second-order valence-corrected chi connectivity index (χ2v) is 5.73. The lowest BCUT2D eigenvalue weighted by Crippen LogP contribution is -2.25. The van der Waals surface area contributed by atoms with Gasteiger partial charge in [0.1, 0.15) is 0 Å². The van der Waals surface area contributed by atoms with E-state index in [9.17, 15) is 9.59 Å². The Morgan fingerprint density at radius 1 is 1.30 bits per heavy atom. The maximum atomic E-state index is 11.9. The summed E-state index contributed by atoms with van der Waals surface area (Å²) < 4.78 is 0. The summed E-state index contributed by atoms with van der Waals surface area (Å²) in [6.45, 7) is 5.06. The van der Waals surface area contributed by atoms with Gasteiger partial charge in [-0.2, -0.15) is 0 Å². The second kappa shape index (κ2) is 10.2. The van der Waals surface area contributed by atoms with E-state index in [4.69, 9.17) is 0 Å². The molecule has 2 amide bonds. The minimum atomic E-state index is -0.0793. The fourth-order valence-corrected chi connectivity index (χ4v) is 2.67. The summed E-state index contributed by atoms with van der Waals surface area (Å²) in [6, 6.07) is 7.37. The molecule has 1 aliphatic rings. The van der Waals surface area contributed by atoms with E-state index >= 15 is 0 Å². The monoisotopic (exact) mass is 339 g/mol. The molecule has 0 radical (unpaired) electrons. The summed E-state index contributed by atoms with van der Waals surface area (Å²) >= 11 is 0. The Morgan fingerprint density at radius 3 is 2.83 bits per heavy atom. The molecule has 6 heteroatoms. The van der Waals surface area contributed by atoms with E-state index in [0.29, 0.717) is 31.0 Å². The molecule has 23 heavy (non-hydrogen) atoms. The molecule has 128 valence electrons. The van der Waals surface area contributed by atoms with Crippen molar-refractivity contribution < 1.29 is 9.59 Å². The molecular formula is C17H26ClN3O2. The molecule has 3 N–H and O–H groups in total. The van der Waals surface area contributed by atoms with Crippen LogP contribution in [0.3, 0.4) is 0 Å². The van der Waals surface area contributed by atoms with E-state index < -0.39 is 0 Å². The van der Waals surface area contributed by atoms with Gasteiger partial charge in [0, 0.05) is 25.1 Å². The average Bonchev–Trinajstić information content (AvgIpc) is 3.05. The van der Waals surface area contributed by atoms with Crippen molar-refractivity contribution >= 4 is 24.2 Å². The lowest BCUT2D eigenvalue weighted by molar-refractivity contribution is -0.121. The first kappa shape index (κ1) is 19.5. The first-order valence-corrected chi connectivity index (χ1v) is 8.03. The normalized spacial score (nSPS) is 16.5. The van der Waals surface area contributed by atoms with E-state index in [1.165, 1.54) is 6.42 Å². The van der Waals surface area contributed by atoms with E-state index in [1.54, 1.807) is 6.07 Å². The molecule has 1 saturated heterocycles. The lowest BCUT2D eigenvalue weighted by Gasteiger charge is -2.09. The molecule has 0 saturated carbocycles. The van der Waals surface area contributed by atoms with E-state index in [0.717, 1.165) is 25.1 Å². The van der Waals surface area contributed by atoms with Gasteiger partial charge in [-0.25, -0.2) is 0 Å². The Bertz CT molecular complexity index is 516. The zero-order valence-corrected chi connectivity index (χ0v) is 14.4. The van der Waals surface area contributed by atoms with Crippen LogP contribution in [0.1, 0.15) is 42.1 Å². The third kappa shape index (κ3) is 6.59. The third-order valence-electron chi connectivity index (χ3n) is 3.96. The van der Waals surface area contributed by atoms with Gasteiger partial charge in [-0.05, 0) is 56.5 Å². The van der Waals surface area contributed by atoms with E-state index in [2.05, 4.69) is 16.0 Å². The summed E-state index contributed by atoms with van der Waals surface area (Å²) in [5.74, 6) is 0.631. The molecule has 0 bridgehead atoms. The number of benzene rings is 1. The van der Waals surface area contributed by atoms with Gasteiger partial charge in [-0.1, -0.05) is 12.1 Å². The molecule has 1 aromatic carbocycles. The van der Waals surface area contributed by atoms with Crippen LogP contribution in [0.15, 0.2) is 24.3 Å². The zero-order chi connectivity index (χ0) is 15.8. The minimum Gasteiger partial charge on any atom is -0.352 e. The molecule has 0 aliphatic carbocycles. The molecule has 1 atom stereocenters. The van der Waals surface area contributed by atoms with Gasteiger partial charge in [-0.3, -0.25) is 9.59 Å². The second-order valence-electron chi connectivity index (χ2n) is 5.73. The van der Waals surface area contributed by atoms with Crippen molar-refractivity contribution in [2.75, 3.05) is 19.6 Å².